The number of hydrogen-bond donors (Lipinski definition) is 3. The summed E-state index contributed by atoms with van der Waals surface area (Å²) in [5.74, 6) is 0.875. The number of amides is 1. The highest BCUT2D eigenvalue weighted by molar-refractivity contribution is 7.18. The number of nitrogens with zero attached hydrogens (tertiary/aromatic N) is 2. The molecule has 4 N–H and O–H groups in total. The predicted molar refractivity (Wildman–Crippen MR) is 75.7 cm³/mol. The molecule has 1 amide bonds. The number of rotatable bonds is 5. The highest BCUT2D eigenvalue weighted by Gasteiger charge is 2.32. The molecule has 2 aromatic heterocycles. The molecule has 0 bridgehead atoms. The lowest BCUT2D eigenvalue weighted by atomic mass is 10.1. The van der Waals surface area contributed by atoms with Crippen molar-refractivity contribution in [3.05, 3.63) is 22.7 Å². The van der Waals surface area contributed by atoms with E-state index in [1.165, 1.54) is 17.7 Å². The Hall–Kier alpha value is -2.09. The van der Waals surface area contributed by atoms with Crippen LogP contribution in [0.1, 0.15) is 39.8 Å². The van der Waals surface area contributed by atoms with Crippen LogP contribution in [-0.4, -0.2) is 23.1 Å². The minimum absolute atomic E-state index is 0.151. The minimum atomic E-state index is -0.151. The number of aromatic nitrogens is 2. The first kappa shape index (κ1) is 12.9. The zero-order chi connectivity index (χ0) is 14.1. The number of nitrogens with one attached hydrogen (secondary N) is 2. The van der Waals surface area contributed by atoms with Crippen LogP contribution in [0.15, 0.2) is 10.9 Å². The molecular formula is C12H15N5O2S. The molecule has 0 aromatic carbocycles. The molecule has 8 heteroatoms. The van der Waals surface area contributed by atoms with E-state index in [1.54, 1.807) is 7.05 Å². The highest BCUT2D eigenvalue weighted by Crippen LogP contribution is 2.50. The second kappa shape index (κ2) is 5.12. The van der Waals surface area contributed by atoms with Gasteiger partial charge in [0.05, 0.1) is 17.2 Å². The lowest BCUT2D eigenvalue weighted by Gasteiger charge is -2.04. The van der Waals surface area contributed by atoms with Gasteiger partial charge in [0.15, 0.2) is 5.82 Å². The van der Waals surface area contributed by atoms with Crippen LogP contribution in [0.3, 0.4) is 0 Å². The van der Waals surface area contributed by atoms with Gasteiger partial charge < -0.3 is 20.9 Å². The molecule has 106 valence electrons. The van der Waals surface area contributed by atoms with E-state index in [9.17, 15) is 4.79 Å². The fourth-order valence-electron chi connectivity index (χ4n) is 2.08. The van der Waals surface area contributed by atoms with Gasteiger partial charge in [-0.1, -0.05) is 5.16 Å². The van der Waals surface area contributed by atoms with E-state index in [1.807, 2.05) is 0 Å². The van der Waals surface area contributed by atoms with E-state index in [0.29, 0.717) is 28.9 Å². The van der Waals surface area contributed by atoms with Crippen LogP contribution in [-0.2, 0) is 6.54 Å². The van der Waals surface area contributed by atoms with Crippen LogP contribution >= 0.6 is 11.3 Å². The summed E-state index contributed by atoms with van der Waals surface area (Å²) in [4.78, 5) is 16.3. The van der Waals surface area contributed by atoms with Crippen molar-refractivity contribution in [2.75, 3.05) is 18.1 Å². The molecule has 1 fully saturated rings. The van der Waals surface area contributed by atoms with Crippen molar-refractivity contribution in [2.45, 2.75) is 25.3 Å². The molecule has 0 saturated heterocycles. The quantitative estimate of drug-likeness (QED) is 0.772. The van der Waals surface area contributed by atoms with Crippen molar-refractivity contribution in [1.82, 2.24) is 15.5 Å². The van der Waals surface area contributed by atoms with Gasteiger partial charge in [-0.2, -0.15) is 4.98 Å². The summed E-state index contributed by atoms with van der Waals surface area (Å²) in [5.41, 5.74) is 7.77. The largest absolute Gasteiger partial charge is 0.397 e. The van der Waals surface area contributed by atoms with E-state index in [2.05, 4.69) is 20.8 Å². The molecule has 20 heavy (non-hydrogen) atoms. The van der Waals surface area contributed by atoms with Gasteiger partial charge in [0, 0.05) is 12.6 Å². The normalized spacial score (nSPS) is 14.2. The van der Waals surface area contributed by atoms with E-state index < -0.39 is 0 Å². The third-order valence-electron chi connectivity index (χ3n) is 3.22. The smallest absolute Gasteiger partial charge is 0.263 e. The van der Waals surface area contributed by atoms with Gasteiger partial charge in [0.25, 0.3) is 5.91 Å². The van der Waals surface area contributed by atoms with Gasteiger partial charge in [-0.25, -0.2) is 0 Å². The second-order valence-corrected chi connectivity index (χ2v) is 5.66. The molecule has 0 atom stereocenters. The SMILES string of the molecule is CNC(=O)c1sc(NCc2ncon2)c(C2CC2)c1N. The molecule has 2 heterocycles. The Bertz CT molecular complexity index is 618. The summed E-state index contributed by atoms with van der Waals surface area (Å²) in [6, 6.07) is 0. The van der Waals surface area contributed by atoms with Gasteiger partial charge >= 0.3 is 0 Å². The average Bonchev–Trinajstić information content (AvgIpc) is 3.03. The standard InChI is InChI=1S/C12H15N5O2S/c1-14-11(18)10-9(13)8(6-2-3-6)12(20-10)15-4-7-16-5-19-17-7/h5-6,15H,2-4,13H2,1H3,(H,14,18). The third-order valence-corrected chi connectivity index (χ3v) is 4.39. The Morgan fingerprint density at radius 3 is 3.00 bits per heavy atom. The molecule has 1 saturated carbocycles. The Balaban J connectivity index is 1.86. The number of nitrogens with two attached hydrogens (primary N) is 1. The Morgan fingerprint density at radius 2 is 2.40 bits per heavy atom. The first-order valence-corrected chi connectivity index (χ1v) is 7.15. The number of carbonyl (C=O) groups excluding carboxylic acids is 1. The minimum Gasteiger partial charge on any atom is -0.397 e. The van der Waals surface area contributed by atoms with Crippen LogP contribution < -0.4 is 16.4 Å². The van der Waals surface area contributed by atoms with Crippen LogP contribution in [0.5, 0.6) is 0 Å². The zero-order valence-electron chi connectivity index (χ0n) is 11.0. The van der Waals surface area contributed by atoms with Crippen molar-refractivity contribution in [3.8, 4) is 0 Å². The lowest BCUT2D eigenvalue weighted by molar-refractivity contribution is 0.0968. The topological polar surface area (TPSA) is 106 Å². The maximum Gasteiger partial charge on any atom is 0.263 e. The van der Waals surface area contributed by atoms with Crippen molar-refractivity contribution >= 4 is 27.9 Å². The summed E-state index contributed by atoms with van der Waals surface area (Å²) < 4.78 is 4.69. The number of carbonyl (C=O) groups is 1. The Labute approximate surface area is 119 Å². The molecule has 2 aromatic rings. The van der Waals surface area contributed by atoms with Gasteiger partial charge in [0.2, 0.25) is 6.39 Å². The number of hydrogen-bond acceptors (Lipinski definition) is 7. The number of anilines is 2. The summed E-state index contributed by atoms with van der Waals surface area (Å²) in [5, 5.41) is 10.5. The van der Waals surface area contributed by atoms with Gasteiger partial charge in [-0.3, -0.25) is 4.79 Å². The van der Waals surface area contributed by atoms with E-state index >= 15 is 0 Å². The number of nitrogen functional groups attached to an aromatic ring is 1. The summed E-state index contributed by atoms with van der Waals surface area (Å²) >= 11 is 1.37. The Kier molecular flexibility index (Phi) is 3.31. The van der Waals surface area contributed by atoms with Gasteiger partial charge in [-0.15, -0.1) is 11.3 Å². The first-order valence-electron chi connectivity index (χ1n) is 6.34. The van der Waals surface area contributed by atoms with Crippen molar-refractivity contribution in [2.24, 2.45) is 0 Å². The van der Waals surface area contributed by atoms with Crippen LogP contribution in [0.4, 0.5) is 10.7 Å². The third kappa shape index (κ3) is 2.34. The molecule has 1 aliphatic carbocycles. The van der Waals surface area contributed by atoms with Crippen LogP contribution in [0.2, 0.25) is 0 Å². The maximum absolute atomic E-state index is 11.8. The first-order chi connectivity index (χ1) is 9.70. The van der Waals surface area contributed by atoms with Crippen molar-refractivity contribution < 1.29 is 9.32 Å². The molecule has 0 unspecified atom stereocenters. The van der Waals surface area contributed by atoms with Crippen molar-refractivity contribution in [3.63, 3.8) is 0 Å². The summed E-state index contributed by atoms with van der Waals surface area (Å²) in [6.45, 7) is 0.448. The van der Waals surface area contributed by atoms with Gasteiger partial charge in [0.1, 0.15) is 4.88 Å². The molecule has 7 nitrogen and oxygen atoms in total. The van der Waals surface area contributed by atoms with Crippen LogP contribution in [0.25, 0.3) is 0 Å². The number of thiophene rings is 1. The summed E-state index contributed by atoms with van der Waals surface area (Å²) in [6.07, 6.45) is 3.52. The van der Waals surface area contributed by atoms with E-state index in [0.717, 1.165) is 23.4 Å². The average molecular weight is 293 g/mol. The van der Waals surface area contributed by atoms with E-state index in [4.69, 9.17) is 10.3 Å². The van der Waals surface area contributed by atoms with E-state index in [-0.39, 0.29) is 5.91 Å². The monoisotopic (exact) mass is 293 g/mol. The predicted octanol–water partition coefficient (Wildman–Crippen LogP) is 1.56. The second-order valence-electron chi connectivity index (χ2n) is 4.64. The Morgan fingerprint density at radius 1 is 1.60 bits per heavy atom. The lowest BCUT2D eigenvalue weighted by Crippen LogP contribution is -2.17. The summed E-state index contributed by atoms with van der Waals surface area (Å²) in [7, 11) is 1.60. The van der Waals surface area contributed by atoms with Crippen molar-refractivity contribution in [1.29, 1.82) is 0 Å². The highest BCUT2D eigenvalue weighted by atomic mass is 32.1. The molecule has 3 rings (SSSR count). The molecule has 1 aliphatic rings. The fourth-order valence-corrected chi connectivity index (χ4v) is 3.23. The molecular weight excluding hydrogens is 278 g/mol. The fraction of sp³-hybridized carbons (Fsp3) is 0.417. The van der Waals surface area contributed by atoms with Crippen LogP contribution in [0, 0.1) is 0 Å². The molecule has 0 spiro atoms. The maximum atomic E-state index is 11.8. The zero-order valence-corrected chi connectivity index (χ0v) is 11.8. The van der Waals surface area contributed by atoms with Gasteiger partial charge in [-0.05, 0) is 18.8 Å². The molecule has 0 aliphatic heterocycles. The molecule has 0 radical (unpaired) electrons.